The van der Waals surface area contributed by atoms with E-state index in [2.05, 4.69) is 25.7 Å². The van der Waals surface area contributed by atoms with Gasteiger partial charge in [0.2, 0.25) is 11.8 Å². The number of rotatable bonds is 2. The number of hydrogen-bond donors (Lipinski definition) is 4. The molecule has 2 atom stereocenters. The van der Waals surface area contributed by atoms with Crippen molar-refractivity contribution in [2.45, 2.75) is 43.6 Å². The largest absolute Gasteiger partial charge is 0.453 e. The molecule has 1 fully saturated rings. The zero-order valence-electron chi connectivity index (χ0n) is 23.1. The first kappa shape index (κ1) is 28.8. The van der Waals surface area contributed by atoms with Crippen molar-refractivity contribution >= 4 is 64.3 Å². The van der Waals surface area contributed by atoms with Gasteiger partial charge in [-0.25, -0.2) is 14.6 Å². The molecule has 2 aromatic carbocycles. The maximum absolute atomic E-state index is 14.1. The molecule has 0 saturated carbocycles. The highest BCUT2D eigenvalue weighted by molar-refractivity contribution is 6.32. The fraction of sp³-hybridized carbons (Fsp3) is 0.345. The molecule has 4 N–H and O–H groups in total. The maximum Gasteiger partial charge on any atom is 0.412 e. The van der Waals surface area contributed by atoms with E-state index in [1.54, 1.807) is 41.3 Å². The number of imidazole rings is 1. The van der Waals surface area contributed by atoms with E-state index in [1.165, 1.54) is 7.11 Å². The lowest BCUT2D eigenvalue weighted by Gasteiger charge is -2.35. The highest BCUT2D eigenvalue weighted by Gasteiger charge is 2.49. The number of fused-ring (bicyclic) bond motifs is 6. The number of amides is 4. The third-order valence-corrected chi connectivity index (χ3v) is 8.48. The van der Waals surface area contributed by atoms with Crippen molar-refractivity contribution in [2.75, 3.05) is 36.1 Å². The van der Waals surface area contributed by atoms with Gasteiger partial charge in [-0.3, -0.25) is 20.2 Å². The van der Waals surface area contributed by atoms with E-state index in [4.69, 9.17) is 32.9 Å². The van der Waals surface area contributed by atoms with E-state index in [0.29, 0.717) is 71.4 Å². The van der Waals surface area contributed by atoms with Crippen LogP contribution in [0.4, 0.5) is 26.7 Å². The van der Waals surface area contributed by atoms with Gasteiger partial charge in [0.1, 0.15) is 16.7 Å². The number of carbonyl (C=O) groups is 4. The summed E-state index contributed by atoms with van der Waals surface area (Å²) in [4.78, 5) is 60.6. The number of carbonyl (C=O) groups excluding carboxylic acids is 4. The summed E-state index contributed by atoms with van der Waals surface area (Å²) >= 11 is 12.9. The van der Waals surface area contributed by atoms with E-state index >= 15 is 0 Å². The summed E-state index contributed by atoms with van der Waals surface area (Å²) in [6, 6.07) is 10.1. The van der Waals surface area contributed by atoms with Crippen molar-refractivity contribution in [1.82, 2.24) is 14.9 Å². The van der Waals surface area contributed by atoms with Gasteiger partial charge in [-0.15, -0.1) is 0 Å². The molecular formula is C29H28Cl2N6O6. The Kier molecular flexibility index (Phi) is 7.65. The predicted octanol–water partition coefficient (Wildman–Crippen LogP) is 5.85. The second kappa shape index (κ2) is 11.4. The van der Waals surface area contributed by atoms with Gasteiger partial charge in [0.25, 0.3) is 0 Å². The first-order valence-corrected chi connectivity index (χ1v) is 14.5. The highest BCUT2D eigenvalue weighted by atomic mass is 35.5. The van der Waals surface area contributed by atoms with Gasteiger partial charge < -0.3 is 24.7 Å². The van der Waals surface area contributed by atoms with Crippen LogP contribution in [0.1, 0.15) is 49.4 Å². The average molecular weight is 627 g/mol. The summed E-state index contributed by atoms with van der Waals surface area (Å²) in [6.07, 6.45) is 0.934. The molecule has 2 bridgehead atoms. The molecule has 1 saturated heterocycles. The second-order valence-corrected chi connectivity index (χ2v) is 11.5. The number of aromatic nitrogens is 2. The van der Waals surface area contributed by atoms with E-state index in [-0.39, 0.29) is 29.9 Å². The van der Waals surface area contributed by atoms with Crippen LogP contribution in [0.5, 0.6) is 0 Å². The molecule has 6 rings (SSSR count). The summed E-state index contributed by atoms with van der Waals surface area (Å²) < 4.78 is 10.5. The molecule has 224 valence electrons. The smallest absolute Gasteiger partial charge is 0.412 e. The molecule has 4 amide bonds. The summed E-state index contributed by atoms with van der Waals surface area (Å²) in [5, 5.41) is 8.87. The van der Waals surface area contributed by atoms with Gasteiger partial charge in [-0.05, 0) is 49.2 Å². The second-order valence-electron chi connectivity index (χ2n) is 10.7. The number of nitrogens with zero attached hydrogens (tertiary/aromatic N) is 2. The first-order valence-electron chi connectivity index (χ1n) is 13.8. The van der Waals surface area contributed by atoms with Crippen LogP contribution in [-0.4, -0.2) is 59.1 Å². The quantitative estimate of drug-likeness (QED) is 0.278. The SMILES string of the molecule is COC(=O)Nc1ccc2c(c1)NC(=O)CCCC[C@H](C(=O)N1CC[C@@]3(C1)OC(=O)Nc1ccc(Cl)cc13)c1nc-2c(Cl)[nH]1. The Morgan fingerprint density at radius 1 is 1.12 bits per heavy atom. The fourth-order valence-corrected chi connectivity index (χ4v) is 6.31. The number of nitrogens with one attached hydrogen (secondary N) is 4. The number of likely N-dealkylation sites (tertiary alicyclic amines) is 1. The Morgan fingerprint density at radius 3 is 2.77 bits per heavy atom. The topological polar surface area (TPSA) is 155 Å². The normalized spacial score (nSPS) is 21.4. The lowest BCUT2D eigenvalue weighted by atomic mass is 9.90. The van der Waals surface area contributed by atoms with Crippen LogP contribution in [0.15, 0.2) is 36.4 Å². The maximum atomic E-state index is 14.1. The number of anilines is 3. The van der Waals surface area contributed by atoms with Gasteiger partial charge >= 0.3 is 12.2 Å². The van der Waals surface area contributed by atoms with Gasteiger partial charge in [-0.2, -0.15) is 0 Å². The minimum absolute atomic E-state index is 0.158. The molecule has 0 aliphatic carbocycles. The number of ether oxygens (including phenoxy) is 2. The van der Waals surface area contributed by atoms with Crippen molar-refractivity contribution in [2.24, 2.45) is 0 Å². The molecular weight excluding hydrogens is 599 g/mol. The molecule has 43 heavy (non-hydrogen) atoms. The van der Waals surface area contributed by atoms with Crippen molar-refractivity contribution < 1.29 is 28.7 Å². The number of benzene rings is 2. The van der Waals surface area contributed by atoms with Crippen LogP contribution >= 0.6 is 23.2 Å². The summed E-state index contributed by atoms with van der Waals surface area (Å²) in [5.74, 6) is -0.695. The molecule has 1 aromatic heterocycles. The number of aromatic amines is 1. The molecule has 0 unspecified atom stereocenters. The minimum atomic E-state index is -1.03. The monoisotopic (exact) mass is 626 g/mol. The number of methoxy groups -OCH3 is 1. The zero-order valence-corrected chi connectivity index (χ0v) is 24.6. The van der Waals surface area contributed by atoms with Crippen LogP contribution in [0, 0.1) is 0 Å². The Labute approximate surface area is 256 Å². The van der Waals surface area contributed by atoms with Gasteiger partial charge in [-0.1, -0.05) is 29.6 Å². The van der Waals surface area contributed by atoms with E-state index in [9.17, 15) is 19.2 Å². The lowest BCUT2D eigenvalue weighted by molar-refractivity contribution is -0.133. The van der Waals surface area contributed by atoms with Crippen LogP contribution in [0.25, 0.3) is 11.3 Å². The minimum Gasteiger partial charge on any atom is -0.453 e. The van der Waals surface area contributed by atoms with Gasteiger partial charge in [0.15, 0.2) is 5.60 Å². The van der Waals surface area contributed by atoms with Crippen molar-refractivity contribution in [3.05, 3.63) is 58.0 Å². The van der Waals surface area contributed by atoms with Gasteiger partial charge in [0.05, 0.1) is 30.9 Å². The molecule has 12 nitrogen and oxygen atoms in total. The third-order valence-electron chi connectivity index (χ3n) is 7.97. The molecule has 3 aromatic rings. The highest BCUT2D eigenvalue weighted by Crippen LogP contribution is 2.45. The Hall–Kier alpha value is -4.29. The predicted molar refractivity (Wildman–Crippen MR) is 159 cm³/mol. The average Bonchev–Trinajstić information content (AvgIpc) is 3.56. The Balaban J connectivity index is 1.32. The molecule has 14 heteroatoms. The fourth-order valence-electron chi connectivity index (χ4n) is 5.90. The Morgan fingerprint density at radius 2 is 1.95 bits per heavy atom. The summed E-state index contributed by atoms with van der Waals surface area (Å²) in [7, 11) is 1.25. The molecule has 1 spiro atoms. The van der Waals surface area contributed by atoms with E-state index < -0.39 is 23.7 Å². The summed E-state index contributed by atoms with van der Waals surface area (Å²) in [6.45, 7) is 0.517. The van der Waals surface area contributed by atoms with Crippen LogP contribution in [0.3, 0.4) is 0 Å². The molecule has 4 heterocycles. The third kappa shape index (κ3) is 5.59. The molecule has 0 radical (unpaired) electrons. The number of hydrogen-bond acceptors (Lipinski definition) is 7. The van der Waals surface area contributed by atoms with Crippen molar-refractivity contribution in [1.29, 1.82) is 0 Å². The lowest BCUT2D eigenvalue weighted by Crippen LogP contribution is -2.43. The van der Waals surface area contributed by atoms with Crippen LogP contribution in [0.2, 0.25) is 10.2 Å². The van der Waals surface area contributed by atoms with Crippen molar-refractivity contribution in [3.8, 4) is 11.3 Å². The molecule has 3 aliphatic rings. The van der Waals surface area contributed by atoms with E-state index in [1.807, 2.05) is 0 Å². The molecule has 3 aliphatic heterocycles. The number of H-pyrrole nitrogens is 1. The zero-order chi connectivity index (χ0) is 30.3. The standard InChI is InChI=1S/C29H28Cl2N6O6/c1-42-27(40)32-16-7-8-17-21(13-16)33-22(38)5-3-2-4-18(25-35-23(17)24(31)36-25)26(39)37-11-10-29(14-37)19-12-15(30)6-9-20(19)34-28(41)43-29/h6-9,12-13,18H,2-5,10-11,14H2,1H3,(H,32,40)(H,33,38)(H,34,41)(H,35,36)/t18-,29-/m0/s1. The van der Waals surface area contributed by atoms with Crippen LogP contribution in [-0.2, 0) is 24.7 Å². The number of halogens is 2. The van der Waals surface area contributed by atoms with Crippen LogP contribution < -0.4 is 16.0 Å². The summed E-state index contributed by atoms with van der Waals surface area (Å²) in [5.41, 5.74) is 1.96. The van der Waals surface area contributed by atoms with E-state index in [0.717, 1.165) is 5.56 Å². The van der Waals surface area contributed by atoms with Crippen molar-refractivity contribution in [3.63, 3.8) is 0 Å². The Bertz CT molecular complexity index is 1640. The first-order chi connectivity index (χ1) is 20.7. The van der Waals surface area contributed by atoms with Gasteiger partial charge in [0, 0.05) is 41.2 Å².